The molecule has 1 amide bonds. The van der Waals surface area contributed by atoms with Crippen LogP contribution >= 0.6 is 11.6 Å². The fourth-order valence-corrected chi connectivity index (χ4v) is 4.12. The molecule has 30 heavy (non-hydrogen) atoms. The number of nitrogens with zero attached hydrogens (tertiary/aromatic N) is 1. The van der Waals surface area contributed by atoms with Crippen molar-refractivity contribution >= 4 is 23.2 Å². The molecule has 156 valence electrons. The highest BCUT2D eigenvalue weighted by molar-refractivity contribution is 6.34. The summed E-state index contributed by atoms with van der Waals surface area (Å²) in [6, 6.07) is 19.2. The molecule has 1 saturated heterocycles. The van der Waals surface area contributed by atoms with Gasteiger partial charge in [0, 0.05) is 18.8 Å². The largest absolute Gasteiger partial charge is 0.468 e. The van der Waals surface area contributed by atoms with Gasteiger partial charge in [0.05, 0.1) is 22.9 Å². The fraction of sp³-hybridized carbons (Fsp3) is 0.292. The van der Waals surface area contributed by atoms with Crippen LogP contribution in [0.2, 0.25) is 5.02 Å². The van der Waals surface area contributed by atoms with Gasteiger partial charge >= 0.3 is 0 Å². The first-order valence-electron chi connectivity index (χ1n) is 10.3. The lowest BCUT2D eigenvalue weighted by molar-refractivity contribution is 0.102. The highest BCUT2D eigenvalue weighted by Crippen LogP contribution is 2.25. The Morgan fingerprint density at radius 2 is 1.90 bits per heavy atom. The summed E-state index contributed by atoms with van der Waals surface area (Å²) in [5.74, 6) is 0.794. The van der Waals surface area contributed by atoms with E-state index in [0.29, 0.717) is 17.1 Å². The van der Waals surface area contributed by atoms with Gasteiger partial charge in [-0.25, -0.2) is 0 Å². The first-order valence-corrected chi connectivity index (χ1v) is 10.7. The summed E-state index contributed by atoms with van der Waals surface area (Å²) in [6.45, 7) is 3.73. The average molecular weight is 424 g/mol. The summed E-state index contributed by atoms with van der Waals surface area (Å²) >= 11 is 6.13. The Labute approximate surface area is 182 Å². The van der Waals surface area contributed by atoms with E-state index in [2.05, 4.69) is 27.7 Å². The Kier molecular flexibility index (Phi) is 6.84. The number of halogens is 1. The maximum absolute atomic E-state index is 12.5. The second-order valence-corrected chi connectivity index (χ2v) is 7.95. The van der Waals surface area contributed by atoms with Crippen LogP contribution in [0.1, 0.15) is 40.6 Å². The van der Waals surface area contributed by atoms with Crippen LogP contribution in [-0.4, -0.2) is 30.4 Å². The zero-order chi connectivity index (χ0) is 20.8. The molecule has 3 aromatic rings. The van der Waals surface area contributed by atoms with Crippen molar-refractivity contribution < 1.29 is 9.21 Å². The van der Waals surface area contributed by atoms with E-state index in [1.807, 2.05) is 30.3 Å². The third kappa shape index (κ3) is 5.11. The van der Waals surface area contributed by atoms with Gasteiger partial charge in [-0.05, 0) is 67.9 Å². The third-order valence-electron chi connectivity index (χ3n) is 5.42. The predicted molar refractivity (Wildman–Crippen MR) is 120 cm³/mol. The molecule has 2 aromatic carbocycles. The molecule has 5 nitrogen and oxygen atoms in total. The van der Waals surface area contributed by atoms with Gasteiger partial charge in [-0.3, -0.25) is 9.69 Å². The van der Waals surface area contributed by atoms with Crippen LogP contribution in [0, 0.1) is 0 Å². The Balaban J connectivity index is 1.36. The third-order valence-corrected chi connectivity index (χ3v) is 5.75. The van der Waals surface area contributed by atoms with E-state index in [9.17, 15) is 4.79 Å². The first kappa shape index (κ1) is 20.7. The standard InChI is InChI=1S/C24H26ClN3O2/c25-21-10-2-1-9-20(21)24(29)27-19-8-5-7-18(15-19)16-26-17-22(23-11-6-14-30-23)28-12-3-4-13-28/h1-2,5-11,14-15,22,26H,3-4,12-13,16-17H2,(H,27,29)/t22-/m0/s1. The molecule has 0 aliphatic carbocycles. The smallest absolute Gasteiger partial charge is 0.257 e. The number of hydrogen-bond donors (Lipinski definition) is 2. The Morgan fingerprint density at radius 1 is 1.07 bits per heavy atom. The SMILES string of the molecule is O=C(Nc1cccc(CNC[C@@H](c2ccco2)N2CCCC2)c1)c1ccccc1Cl. The van der Waals surface area contributed by atoms with Crippen LogP contribution in [0.4, 0.5) is 5.69 Å². The minimum atomic E-state index is -0.211. The van der Waals surface area contributed by atoms with Crippen molar-refractivity contribution in [2.45, 2.75) is 25.4 Å². The van der Waals surface area contributed by atoms with Gasteiger partial charge in [-0.15, -0.1) is 0 Å². The van der Waals surface area contributed by atoms with Crippen LogP contribution in [-0.2, 0) is 6.54 Å². The molecular formula is C24H26ClN3O2. The summed E-state index contributed by atoms with van der Waals surface area (Å²) in [6.07, 6.45) is 4.22. The lowest BCUT2D eigenvalue weighted by Gasteiger charge is -2.26. The van der Waals surface area contributed by atoms with E-state index < -0.39 is 0 Å². The monoisotopic (exact) mass is 423 g/mol. The number of nitrogens with one attached hydrogen (secondary N) is 2. The molecule has 1 atom stereocenters. The van der Waals surface area contributed by atoms with Crippen molar-refractivity contribution in [2.75, 3.05) is 25.0 Å². The van der Waals surface area contributed by atoms with Gasteiger partial charge in [-0.2, -0.15) is 0 Å². The van der Waals surface area contributed by atoms with Crippen molar-refractivity contribution in [3.63, 3.8) is 0 Å². The van der Waals surface area contributed by atoms with Crippen LogP contribution in [0.25, 0.3) is 0 Å². The van der Waals surface area contributed by atoms with Crippen molar-refractivity contribution in [3.05, 3.63) is 88.8 Å². The topological polar surface area (TPSA) is 57.5 Å². The van der Waals surface area contributed by atoms with Gasteiger partial charge in [0.2, 0.25) is 0 Å². The normalized spacial score (nSPS) is 15.2. The Hall–Kier alpha value is -2.60. The summed E-state index contributed by atoms with van der Waals surface area (Å²) in [7, 11) is 0. The molecule has 1 aliphatic rings. The highest BCUT2D eigenvalue weighted by Gasteiger charge is 2.25. The van der Waals surface area contributed by atoms with Crippen molar-refractivity contribution in [1.29, 1.82) is 0 Å². The summed E-state index contributed by atoms with van der Waals surface area (Å²) in [5.41, 5.74) is 2.32. The number of benzene rings is 2. The van der Waals surface area contributed by atoms with Gasteiger partial charge < -0.3 is 15.1 Å². The van der Waals surface area contributed by atoms with Crippen molar-refractivity contribution in [3.8, 4) is 0 Å². The van der Waals surface area contributed by atoms with Crippen molar-refractivity contribution in [2.24, 2.45) is 0 Å². The van der Waals surface area contributed by atoms with Gasteiger partial charge in [0.1, 0.15) is 5.76 Å². The zero-order valence-corrected chi connectivity index (χ0v) is 17.6. The number of anilines is 1. The number of hydrogen-bond acceptors (Lipinski definition) is 4. The molecule has 0 bridgehead atoms. The molecule has 2 heterocycles. The van der Waals surface area contributed by atoms with E-state index in [1.54, 1.807) is 24.5 Å². The Morgan fingerprint density at radius 3 is 2.67 bits per heavy atom. The van der Waals surface area contributed by atoms with Crippen LogP contribution in [0.15, 0.2) is 71.3 Å². The Bertz CT molecular complexity index is 968. The molecule has 4 rings (SSSR count). The fourth-order valence-electron chi connectivity index (χ4n) is 3.90. The van der Waals surface area contributed by atoms with Gasteiger partial charge in [-0.1, -0.05) is 35.9 Å². The lowest BCUT2D eigenvalue weighted by atomic mass is 10.1. The average Bonchev–Trinajstić information content (AvgIpc) is 3.46. The van der Waals surface area contributed by atoms with Crippen LogP contribution in [0.3, 0.4) is 0 Å². The number of likely N-dealkylation sites (tertiary alicyclic amines) is 1. The van der Waals surface area contributed by atoms with E-state index in [1.165, 1.54) is 12.8 Å². The summed E-state index contributed by atoms with van der Waals surface area (Å²) in [5, 5.41) is 6.93. The number of amides is 1. The van der Waals surface area contributed by atoms with E-state index in [-0.39, 0.29) is 11.9 Å². The molecule has 1 aromatic heterocycles. The minimum absolute atomic E-state index is 0.211. The number of rotatable bonds is 8. The van der Waals surface area contributed by atoms with Gasteiger partial charge in [0.25, 0.3) is 5.91 Å². The van der Waals surface area contributed by atoms with Crippen molar-refractivity contribution in [1.82, 2.24) is 10.2 Å². The number of furan rings is 1. The van der Waals surface area contributed by atoms with Crippen LogP contribution in [0.5, 0.6) is 0 Å². The van der Waals surface area contributed by atoms with E-state index in [4.69, 9.17) is 16.0 Å². The van der Waals surface area contributed by atoms with E-state index >= 15 is 0 Å². The predicted octanol–water partition coefficient (Wildman–Crippen LogP) is 5.11. The molecule has 1 aliphatic heterocycles. The highest BCUT2D eigenvalue weighted by atomic mass is 35.5. The molecule has 0 radical (unpaired) electrons. The zero-order valence-electron chi connectivity index (χ0n) is 16.8. The second-order valence-electron chi connectivity index (χ2n) is 7.54. The number of carbonyl (C=O) groups is 1. The molecule has 0 saturated carbocycles. The first-order chi connectivity index (χ1) is 14.7. The molecular weight excluding hydrogens is 398 g/mol. The molecule has 1 fully saturated rings. The minimum Gasteiger partial charge on any atom is -0.468 e. The molecule has 0 spiro atoms. The summed E-state index contributed by atoms with van der Waals surface area (Å²) in [4.78, 5) is 15.0. The molecule has 6 heteroatoms. The quantitative estimate of drug-likeness (QED) is 0.528. The molecule has 0 unspecified atom stereocenters. The van der Waals surface area contributed by atoms with E-state index in [0.717, 1.165) is 36.6 Å². The van der Waals surface area contributed by atoms with Gasteiger partial charge in [0.15, 0.2) is 0 Å². The van der Waals surface area contributed by atoms with Crippen LogP contribution < -0.4 is 10.6 Å². The number of carbonyl (C=O) groups excluding carboxylic acids is 1. The summed E-state index contributed by atoms with van der Waals surface area (Å²) < 4.78 is 5.69. The molecule has 2 N–H and O–H groups in total. The lowest BCUT2D eigenvalue weighted by Crippen LogP contribution is -2.33. The maximum Gasteiger partial charge on any atom is 0.257 e. The maximum atomic E-state index is 12.5. The second kappa shape index (κ2) is 9.94.